The third-order valence-electron chi connectivity index (χ3n) is 3.18. The summed E-state index contributed by atoms with van der Waals surface area (Å²) in [6, 6.07) is 10.0. The maximum absolute atomic E-state index is 13.5. The molecule has 0 aromatic heterocycles. The van der Waals surface area contributed by atoms with Gasteiger partial charge >= 0.3 is 0 Å². The van der Waals surface area contributed by atoms with Crippen LogP contribution in [0, 0.1) is 5.82 Å². The molecule has 0 saturated carbocycles. The molecule has 138 valence electrons. The zero-order chi connectivity index (χ0) is 19.3. The minimum absolute atomic E-state index is 0.149. The molecule has 0 atom stereocenters. The molecular weight excluding hydrogens is 404 g/mol. The van der Waals surface area contributed by atoms with Gasteiger partial charge in [0.2, 0.25) is 10.0 Å². The average Bonchev–Trinajstić information content (AvgIpc) is 2.56. The Morgan fingerprint density at radius 1 is 1.23 bits per heavy atom. The van der Waals surface area contributed by atoms with Gasteiger partial charge in [0.05, 0.1) is 28.2 Å². The lowest BCUT2D eigenvalue weighted by molar-refractivity contribution is -0.119. The third kappa shape index (κ3) is 5.42. The van der Waals surface area contributed by atoms with Gasteiger partial charge < -0.3 is 0 Å². The Hall–Kier alpha value is -2.16. The van der Waals surface area contributed by atoms with Crippen LogP contribution in [0.15, 0.2) is 47.6 Å². The van der Waals surface area contributed by atoms with Gasteiger partial charge in [0.15, 0.2) is 0 Å². The Bertz CT molecular complexity index is 952. The molecule has 2 aromatic carbocycles. The molecule has 0 bridgehead atoms. The number of benzene rings is 2. The molecule has 0 spiro atoms. The molecular formula is C16H14Cl2FN3O3S. The Morgan fingerprint density at radius 2 is 1.92 bits per heavy atom. The number of anilines is 1. The Labute approximate surface area is 160 Å². The second-order valence-corrected chi connectivity index (χ2v) is 7.90. The first-order chi connectivity index (χ1) is 12.2. The first-order valence-corrected chi connectivity index (χ1v) is 9.78. The smallest absolute Gasteiger partial charge is 0.260 e. The molecule has 1 amide bonds. The van der Waals surface area contributed by atoms with E-state index in [-0.39, 0.29) is 21.3 Å². The molecule has 0 aliphatic heterocycles. The Morgan fingerprint density at radius 3 is 2.54 bits per heavy atom. The van der Waals surface area contributed by atoms with E-state index >= 15 is 0 Å². The summed E-state index contributed by atoms with van der Waals surface area (Å²) in [4.78, 5) is 12.0. The second kappa shape index (κ2) is 8.48. The van der Waals surface area contributed by atoms with Crippen LogP contribution in [0.3, 0.4) is 0 Å². The van der Waals surface area contributed by atoms with E-state index in [2.05, 4.69) is 10.5 Å². The lowest BCUT2D eigenvalue weighted by Crippen LogP contribution is -2.39. The van der Waals surface area contributed by atoms with Crippen LogP contribution in [0.4, 0.5) is 10.1 Å². The summed E-state index contributed by atoms with van der Waals surface area (Å²) in [5.41, 5.74) is 2.51. The summed E-state index contributed by atoms with van der Waals surface area (Å²) in [7, 11) is -3.77. The molecule has 0 heterocycles. The van der Waals surface area contributed by atoms with Crippen LogP contribution in [0.1, 0.15) is 5.56 Å². The summed E-state index contributed by atoms with van der Waals surface area (Å²) in [6.07, 6.45) is 2.07. The van der Waals surface area contributed by atoms with Gasteiger partial charge in [-0.05, 0) is 24.3 Å². The third-order valence-corrected chi connectivity index (χ3v) is 5.06. The molecule has 1 N–H and O–H groups in total. The molecule has 10 heteroatoms. The number of hydrazone groups is 1. The van der Waals surface area contributed by atoms with Crippen LogP contribution in [0.2, 0.25) is 10.0 Å². The first kappa shape index (κ1) is 20.2. The molecule has 0 unspecified atom stereocenters. The lowest BCUT2D eigenvalue weighted by atomic mass is 10.2. The van der Waals surface area contributed by atoms with Crippen molar-refractivity contribution in [2.24, 2.45) is 5.10 Å². The van der Waals surface area contributed by atoms with E-state index in [0.29, 0.717) is 0 Å². The highest BCUT2D eigenvalue weighted by Gasteiger charge is 2.21. The van der Waals surface area contributed by atoms with E-state index < -0.39 is 28.3 Å². The van der Waals surface area contributed by atoms with Crippen LogP contribution in [0.25, 0.3) is 0 Å². The van der Waals surface area contributed by atoms with E-state index in [1.54, 1.807) is 6.07 Å². The van der Waals surface area contributed by atoms with Crippen LogP contribution < -0.4 is 9.73 Å². The van der Waals surface area contributed by atoms with Gasteiger partial charge in [-0.25, -0.2) is 18.2 Å². The van der Waals surface area contributed by atoms with Gasteiger partial charge in [0, 0.05) is 5.56 Å². The molecule has 26 heavy (non-hydrogen) atoms. The number of carbonyl (C=O) groups excluding carboxylic acids is 1. The number of sulfonamides is 1. The lowest BCUT2D eigenvalue weighted by Gasteiger charge is -2.21. The summed E-state index contributed by atoms with van der Waals surface area (Å²) in [5, 5.41) is 4.03. The van der Waals surface area contributed by atoms with Crippen LogP contribution in [0.5, 0.6) is 0 Å². The van der Waals surface area contributed by atoms with Gasteiger partial charge in [-0.3, -0.25) is 9.10 Å². The van der Waals surface area contributed by atoms with Crippen molar-refractivity contribution in [3.05, 3.63) is 63.9 Å². The largest absolute Gasteiger partial charge is 0.271 e. The maximum Gasteiger partial charge on any atom is 0.260 e. The molecule has 0 aliphatic rings. The normalized spacial score (nSPS) is 11.5. The Kier molecular flexibility index (Phi) is 6.57. The molecule has 0 aliphatic carbocycles. The van der Waals surface area contributed by atoms with Crippen LogP contribution in [-0.2, 0) is 14.8 Å². The van der Waals surface area contributed by atoms with Crippen LogP contribution >= 0.6 is 23.2 Å². The van der Waals surface area contributed by atoms with Gasteiger partial charge in [-0.2, -0.15) is 5.10 Å². The van der Waals surface area contributed by atoms with Crippen molar-refractivity contribution < 1.29 is 17.6 Å². The van der Waals surface area contributed by atoms with E-state index in [4.69, 9.17) is 23.2 Å². The number of carbonyl (C=O) groups is 1. The topological polar surface area (TPSA) is 78.8 Å². The number of hydrogen-bond acceptors (Lipinski definition) is 4. The summed E-state index contributed by atoms with van der Waals surface area (Å²) in [6.45, 7) is -0.536. The fourth-order valence-corrected chi connectivity index (χ4v) is 3.10. The second-order valence-electron chi connectivity index (χ2n) is 5.18. The molecule has 6 nitrogen and oxygen atoms in total. The van der Waals surface area contributed by atoms with Gasteiger partial charge in [-0.1, -0.05) is 41.4 Å². The quantitative estimate of drug-likeness (QED) is 0.579. The van der Waals surface area contributed by atoms with E-state index in [9.17, 15) is 17.6 Å². The minimum atomic E-state index is -3.77. The average molecular weight is 418 g/mol. The molecule has 2 rings (SSSR count). The van der Waals surface area contributed by atoms with Crippen molar-refractivity contribution >= 4 is 51.0 Å². The molecule has 0 saturated heterocycles. The number of halogens is 3. The van der Waals surface area contributed by atoms with E-state index in [0.717, 1.165) is 16.8 Å². The van der Waals surface area contributed by atoms with E-state index in [1.807, 2.05) is 0 Å². The Balaban J connectivity index is 2.12. The van der Waals surface area contributed by atoms with Gasteiger partial charge in [-0.15, -0.1) is 0 Å². The highest BCUT2D eigenvalue weighted by atomic mass is 35.5. The maximum atomic E-state index is 13.5. The molecule has 0 fully saturated rings. The number of amides is 1. The predicted molar refractivity (Wildman–Crippen MR) is 101 cm³/mol. The number of rotatable bonds is 6. The highest BCUT2D eigenvalue weighted by Crippen LogP contribution is 2.28. The number of nitrogens with one attached hydrogen (secondary N) is 1. The molecule has 0 radical (unpaired) electrons. The van der Waals surface area contributed by atoms with Crippen molar-refractivity contribution in [1.29, 1.82) is 0 Å². The minimum Gasteiger partial charge on any atom is -0.271 e. The van der Waals surface area contributed by atoms with Crippen molar-refractivity contribution in [3.8, 4) is 0 Å². The number of hydrogen-bond donors (Lipinski definition) is 1. The zero-order valence-electron chi connectivity index (χ0n) is 13.5. The van der Waals surface area contributed by atoms with E-state index in [1.165, 1.54) is 36.4 Å². The van der Waals surface area contributed by atoms with Crippen LogP contribution in [-0.4, -0.2) is 33.3 Å². The summed E-state index contributed by atoms with van der Waals surface area (Å²) < 4.78 is 38.3. The van der Waals surface area contributed by atoms with Gasteiger partial charge in [0.25, 0.3) is 5.91 Å². The standard InChI is InChI=1S/C16H14Cl2FN3O3S/c1-26(24,25)22(12-6-7-13(17)14(18)8-12)10-16(23)21-20-9-11-4-2-3-5-15(11)19/h2-9H,10H2,1H3,(H,21,23)/b20-9-. The van der Waals surface area contributed by atoms with Crippen molar-refractivity contribution in [2.75, 3.05) is 17.1 Å². The fourth-order valence-electron chi connectivity index (χ4n) is 1.96. The first-order valence-electron chi connectivity index (χ1n) is 7.17. The SMILES string of the molecule is CS(=O)(=O)N(CC(=O)N/N=C\c1ccccc1F)c1ccc(Cl)c(Cl)c1. The fraction of sp³-hybridized carbons (Fsp3) is 0.125. The monoisotopic (exact) mass is 417 g/mol. The summed E-state index contributed by atoms with van der Waals surface area (Å²) >= 11 is 11.7. The van der Waals surface area contributed by atoms with Crippen molar-refractivity contribution in [3.63, 3.8) is 0 Å². The number of nitrogens with zero attached hydrogens (tertiary/aromatic N) is 2. The van der Waals surface area contributed by atoms with Crippen molar-refractivity contribution in [1.82, 2.24) is 5.43 Å². The van der Waals surface area contributed by atoms with Crippen molar-refractivity contribution in [2.45, 2.75) is 0 Å². The predicted octanol–water partition coefficient (Wildman–Crippen LogP) is 3.05. The summed E-state index contributed by atoms with van der Waals surface area (Å²) in [5.74, 6) is -1.21. The molecule has 2 aromatic rings. The van der Waals surface area contributed by atoms with Gasteiger partial charge in [0.1, 0.15) is 12.4 Å². The highest BCUT2D eigenvalue weighted by molar-refractivity contribution is 7.92. The zero-order valence-corrected chi connectivity index (χ0v) is 15.8.